The first kappa shape index (κ1) is 15.0. The van der Waals surface area contributed by atoms with Gasteiger partial charge in [-0.3, -0.25) is 0 Å². The van der Waals surface area contributed by atoms with Crippen LogP contribution in [0.3, 0.4) is 0 Å². The SMILES string of the molecule is COC(C)(C)CCOc1ccc(C(=O)O)c(Br)c1. The van der Waals surface area contributed by atoms with Crippen molar-refractivity contribution in [3.05, 3.63) is 28.2 Å². The van der Waals surface area contributed by atoms with Gasteiger partial charge in [0.05, 0.1) is 17.8 Å². The Hall–Kier alpha value is -1.07. The van der Waals surface area contributed by atoms with Crippen LogP contribution < -0.4 is 4.74 Å². The van der Waals surface area contributed by atoms with E-state index >= 15 is 0 Å². The molecule has 0 aliphatic carbocycles. The number of benzene rings is 1. The third-order valence-electron chi connectivity index (χ3n) is 2.70. The number of ether oxygens (including phenoxy) is 2. The monoisotopic (exact) mass is 316 g/mol. The highest BCUT2D eigenvalue weighted by Crippen LogP contribution is 2.24. The molecule has 0 aromatic heterocycles. The van der Waals surface area contributed by atoms with E-state index in [1.54, 1.807) is 19.2 Å². The molecule has 0 aliphatic heterocycles. The smallest absolute Gasteiger partial charge is 0.336 e. The lowest BCUT2D eigenvalue weighted by Gasteiger charge is -2.22. The molecule has 4 nitrogen and oxygen atoms in total. The Morgan fingerprint density at radius 2 is 2.11 bits per heavy atom. The van der Waals surface area contributed by atoms with Crippen LogP contribution in [-0.2, 0) is 4.74 Å². The van der Waals surface area contributed by atoms with Crippen LogP contribution in [0.4, 0.5) is 0 Å². The van der Waals surface area contributed by atoms with Crippen molar-refractivity contribution >= 4 is 21.9 Å². The van der Waals surface area contributed by atoms with E-state index in [1.807, 2.05) is 13.8 Å². The summed E-state index contributed by atoms with van der Waals surface area (Å²) in [5.74, 6) is -0.326. The Labute approximate surface area is 115 Å². The standard InChI is InChI=1S/C13H17BrO4/c1-13(2,17-3)6-7-18-9-4-5-10(12(15)16)11(14)8-9/h4-5,8H,6-7H2,1-3H3,(H,15,16). The van der Waals surface area contributed by atoms with Gasteiger partial charge < -0.3 is 14.6 Å². The maximum Gasteiger partial charge on any atom is 0.336 e. The lowest BCUT2D eigenvalue weighted by Crippen LogP contribution is -2.25. The van der Waals surface area contributed by atoms with Crippen molar-refractivity contribution in [1.82, 2.24) is 0 Å². The van der Waals surface area contributed by atoms with Crippen LogP contribution in [0.5, 0.6) is 5.75 Å². The fourth-order valence-electron chi connectivity index (χ4n) is 1.28. The maximum atomic E-state index is 10.8. The number of methoxy groups -OCH3 is 1. The van der Waals surface area contributed by atoms with Gasteiger partial charge in [0.25, 0.3) is 0 Å². The predicted octanol–water partition coefficient (Wildman–Crippen LogP) is 3.34. The van der Waals surface area contributed by atoms with Crippen molar-refractivity contribution in [2.45, 2.75) is 25.9 Å². The van der Waals surface area contributed by atoms with Gasteiger partial charge >= 0.3 is 5.97 Å². The number of carboxylic acid groups (broad SMARTS) is 1. The van der Waals surface area contributed by atoms with Crippen molar-refractivity contribution in [3.63, 3.8) is 0 Å². The number of aromatic carboxylic acids is 1. The first-order valence-electron chi connectivity index (χ1n) is 5.56. The van der Waals surface area contributed by atoms with Gasteiger partial charge in [0.2, 0.25) is 0 Å². The predicted molar refractivity (Wildman–Crippen MR) is 72.3 cm³/mol. The highest BCUT2D eigenvalue weighted by molar-refractivity contribution is 9.10. The van der Waals surface area contributed by atoms with E-state index in [2.05, 4.69) is 15.9 Å². The van der Waals surface area contributed by atoms with Crippen LogP contribution in [0.2, 0.25) is 0 Å². The molecule has 100 valence electrons. The first-order chi connectivity index (χ1) is 8.35. The second-order valence-corrected chi connectivity index (χ2v) is 5.36. The van der Waals surface area contributed by atoms with Gasteiger partial charge in [-0.1, -0.05) is 0 Å². The third kappa shape index (κ3) is 4.31. The first-order valence-corrected chi connectivity index (χ1v) is 6.36. The second kappa shape index (κ2) is 6.20. The Bertz CT molecular complexity index is 429. The molecule has 1 aromatic carbocycles. The van der Waals surface area contributed by atoms with Crippen molar-refractivity contribution in [1.29, 1.82) is 0 Å². The quantitative estimate of drug-likeness (QED) is 0.874. The molecule has 0 amide bonds. The summed E-state index contributed by atoms with van der Waals surface area (Å²) in [5, 5.41) is 8.88. The zero-order valence-electron chi connectivity index (χ0n) is 10.7. The number of rotatable bonds is 6. The summed E-state index contributed by atoms with van der Waals surface area (Å²) in [5.41, 5.74) is -0.00215. The van der Waals surface area contributed by atoms with Crippen molar-refractivity contribution in [2.75, 3.05) is 13.7 Å². The van der Waals surface area contributed by atoms with E-state index in [0.717, 1.165) is 6.42 Å². The van der Waals surface area contributed by atoms with E-state index in [4.69, 9.17) is 14.6 Å². The molecule has 0 unspecified atom stereocenters. The molecule has 0 bridgehead atoms. The van der Waals surface area contributed by atoms with Gasteiger partial charge in [-0.05, 0) is 48.0 Å². The molecular weight excluding hydrogens is 300 g/mol. The molecule has 0 saturated heterocycles. The molecule has 18 heavy (non-hydrogen) atoms. The molecule has 0 aliphatic rings. The van der Waals surface area contributed by atoms with Crippen LogP contribution in [0.15, 0.2) is 22.7 Å². The van der Waals surface area contributed by atoms with Crippen LogP contribution in [0.1, 0.15) is 30.6 Å². The fraction of sp³-hybridized carbons (Fsp3) is 0.462. The summed E-state index contributed by atoms with van der Waals surface area (Å²) in [6.45, 7) is 4.49. The summed E-state index contributed by atoms with van der Waals surface area (Å²) in [6, 6.07) is 4.82. The Kier molecular flexibility index (Phi) is 5.16. The lowest BCUT2D eigenvalue weighted by molar-refractivity contribution is 0.00545. The highest BCUT2D eigenvalue weighted by atomic mass is 79.9. The zero-order chi connectivity index (χ0) is 13.8. The lowest BCUT2D eigenvalue weighted by atomic mass is 10.1. The average molecular weight is 317 g/mol. The van der Waals surface area contributed by atoms with Crippen LogP contribution in [0, 0.1) is 0 Å². The van der Waals surface area contributed by atoms with Crippen LogP contribution >= 0.6 is 15.9 Å². The van der Waals surface area contributed by atoms with Gasteiger partial charge in [-0.15, -0.1) is 0 Å². The normalized spacial score (nSPS) is 11.3. The van der Waals surface area contributed by atoms with E-state index in [-0.39, 0.29) is 11.2 Å². The number of carboxylic acids is 1. The zero-order valence-corrected chi connectivity index (χ0v) is 12.3. The van der Waals surface area contributed by atoms with E-state index < -0.39 is 5.97 Å². The number of hydrogen-bond acceptors (Lipinski definition) is 3. The van der Waals surface area contributed by atoms with Gasteiger partial charge in [-0.2, -0.15) is 0 Å². The highest BCUT2D eigenvalue weighted by Gasteiger charge is 2.16. The molecule has 1 aromatic rings. The molecule has 0 saturated carbocycles. The summed E-state index contributed by atoms with van der Waals surface area (Å²) in [7, 11) is 1.66. The summed E-state index contributed by atoms with van der Waals surface area (Å²) in [6.07, 6.45) is 0.752. The topological polar surface area (TPSA) is 55.8 Å². The Morgan fingerprint density at radius 3 is 2.61 bits per heavy atom. The largest absolute Gasteiger partial charge is 0.493 e. The average Bonchev–Trinajstić information content (AvgIpc) is 2.28. The number of hydrogen-bond donors (Lipinski definition) is 1. The fourth-order valence-corrected chi connectivity index (χ4v) is 1.80. The summed E-state index contributed by atoms with van der Waals surface area (Å²) in [4.78, 5) is 10.8. The summed E-state index contributed by atoms with van der Waals surface area (Å²) >= 11 is 3.21. The molecular formula is C13H17BrO4. The number of halogens is 1. The van der Waals surface area contributed by atoms with Gasteiger partial charge in [0.1, 0.15) is 5.75 Å². The maximum absolute atomic E-state index is 10.8. The minimum absolute atomic E-state index is 0.222. The summed E-state index contributed by atoms with van der Waals surface area (Å²) < 4.78 is 11.4. The minimum Gasteiger partial charge on any atom is -0.493 e. The van der Waals surface area contributed by atoms with E-state index in [0.29, 0.717) is 16.8 Å². The Morgan fingerprint density at radius 1 is 1.44 bits per heavy atom. The molecule has 1 rings (SSSR count). The van der Waals surface area contributed by atoms with Crippen LogP contribution in [-0.4, -0.2) is 30.4 Å². The van der Waals surface area contributed by atoms with E-state index in [9.17, 15) is 4.79 Å². The van der Waals surface area contributed by atoms with E-state index in [1.165, 1.54) is 6.07 Å². The third-order valence-corrected chi connectivity index (χ3v) is 3.35. The molecule has 0 fully saturated rings. The van der Waals surface area contributed by atoms with Gasteiger partial charge in [0, 0.05) is 18.0 Å². The van der Waals surface area contributed by atoms with Crippen molar-refractivity contribution in [2.24, 2.45) is 0 Å². The van der Waals surface area contributed by atoms with Gasteiger partial charge in [-0.25, -0.2) is 4.79 Å². The van der Waals surface area contributed by atoms with Crippen LogP contribution in [0.25, 0.3) is 0 Å². The van der Waals surface area contributed by atoms with Crippen molar-refractivity contribution < 1.29 is 19.4 Å². The van der Waals surface area contributed by atoms with Gasteiger partial charge in [0.15, 0.2) is 0 Å². The molecule has 0 spiro atoms. The molecule has 0 atom stereocenters. The minimum atomic E-state index is -0.964. The molecule has 5 heteroatoms. The molecule has 0 radical (unpaired) electrons. The second-order valence-electron chi connectivity index (χ2n) is 4.51. The Balaban J connectivity index is 2.59. The van der Waals surface area contributed by atoms with Crippen molar-refractivity contribution in [3.8, 4) is 5.75 Å². The molecule has 0 heterocycles. The molecule has 1 N–H and O–H groups in total. The number of carbonyl (C=O) groups is 1.